The second-order valence-electron chi connectivity index (χ2n) is 18.1. The second-order valence-corrected chi connectivity index (χ2v) is 20.8. The van der Waals surface area contributed by atoms with E-state index in [0.29, 0.717) is 12.8 Å². The summed E-state index contributed by atoms with van der Waals surface area (Å²) < 4.78 is 47.8. The van der Waals surface area contributed by atoms with Crippen LogP contribution in [-0.4, -0.2) is 92.8 Å². The minimum atomic E-state index is -4.89. The third kappa shape index (κ3) is 47.7. The highest BCUT2D eigenvalue weighted by molar-refractivity contribution is 7.47. The lowest BCUT2D eigenvalue weighted by Gasteiger charge is -2.20. The van der Waals surface area contributed by atoms with Gasteiger partial charge in [0.2, 0.25) is 0 Å². The molecule has 0 bridgehead atoms. The van der Waals surface area contributed by atoms with E-state index in [1.165, 1.54) is 109 Å². The third-order valence-corrected chi connectivity index (χ3v) is 12.9. The molecule has 0 spiro atoms. The molecule has 0 aliphatic rings. The van der Waals surface area contributed by atoms with Crippen molar-refractivity contribution in [1.29, 1.82) is 0 Å². The largest absolute Gasteiger partial charge is 0.472 e. The first-order valence-corrected chi connectivity index (χ1v) is 29.0. The molecule has 0 saturated carbocycles. The normalized spacial score (nSPS) is 15.6. The summed E-state index contributed by atoms with van der Waals surface area (Å²) in [7, 11) is -9.77. The van der Waals surface area contributed by atoms with Crippen LogP contribution in [0, 0.1) is 5.92 Å². The van der Waals surface area contributed by atoms with Gasteiger partial charge in [0.05, 0.1) is 32.0 Å². The molecule has 0 radical (unpaired) electrons. The van der Waals surface area contributed by atoms with Crippen LogP contribution in [0.3, 0.4) is 0 Å². The van der Waals surface area contributed by atoms with Gasteiger partial charge in [-0.3, -0.25) is 23.2 Å². The molecule has 0 amide bonds. The molecule has 0 aromatic carbocycles. The molecule has 68 heavy (non-hydrogen) atoms. The quantitative estimate of drug-likeness (QED) is 0.0109. The van der Waals surface area contributed by atoms with E-state index in [0.717, 1.165) is 44.4 Å². The van der Waals surface area contributed by atoms with Crippen LogP contribution in [0.1, 0.15) is 207 Å². The molecule has 6 N–H and O–H groups in total. The number of allylic oxidation sites excluding steroid dienone is 5. The van der Waals surface area contributed by atoms with Gasteiger partial charge in [0.25, 0.3) is 0 Å². The van der Waals surface area contributed by atoms with Gasteiger partial charge in [0.15, 0.2) is 6.10 Å². The molecular formula is C51H94O15P2. The number of unbranched alkanes of at least 4 members (excludes halogenated alkanes) is 20. The summed E-state index contributed by atoms with van der Waals surface area (Å²) in [4.78, 5) is 53.0. The molecule has 0 saturated heterocycles. The lowest BCUT2D eigenvalue weighted by molar-refractivity contribution is -0.161. The number of hydrogen-bond donors (Lipinski definition) is 6. The predicted octanol–water partition coefficient (Wildman–Crippen LogP) is 12.0. The van der Waals surface area contributed by atoms with E-state index in [-0.39, 0.29) is 25.7 Å². The Morgan fingerprint density at radius 2 is 1.03 bits per heavy atom. The van der Waals surface area contributed by atoms with Crippen LogP contribution in [0.15, 0.2) is 48.6 Å². The van der Waals surface area contributed by atoms with Gasteiger partial charge in [-0.25, -0.2) is 9.13 Å². The summed E-state index contributed by atoms with van der Waals surface area (Å²) in [6, 6.07) is 0. The topological polar surface area (TPSA) is 236 Å². The highest BCUT2D eigenvalue weighted by Gasteiger charge is 2.28. The lowest BCUT2D eigenvalue weighted by Crippen LogP contribution is -2.30. The molecule has 0 fully saturated rings. The zero-order chi connectivity index (χ0) is 50.6. The van der Waals surface area contributed by atoms with Crippen molar-refractivity contribution < 1.29 is 71.8 Å². The molecule has 15 nitrogen and oxygen atoms in total. The van der Waals surface area contributed by atoms with Gasteiger partial charge in [-0.15, -0.1) is 0 Å². The summed E-state index contributed by atoms with van der Waals surface area (Å²) in [6.07, 6.45) is 40.1. The second kappa shape index (κ2) is 44.9. The molecule has 17 heteroatoms. The summed E-state index contributed by atoms with van der Waals surface area (Å²) in [5.74, 6) is -0.392. The van der Waals surface area contributed by atoms with E-state index in [2.05, 4.69) is 35.9 Å². The maximum atomic E-state index is 12.7. The van der Waals surface area contributed by atoms with E-state index >= 15 is 0 Å². The molecule has 0 aromatic heterocycles. The van der Waals surface area contributed by atoms with Crippen molar-refractivity contribution in [2.75, 3.05) is 26.4 Å². The molecule has 0 aliphatic carbocycles. The number of carbonyl (C=O) groups excluding carboxylic acids is 2. The summed E-state index contributed by atoms with van der Waals surface area (Å²) in [5, 5.41) is 30.1. The Morgan fingerprint density at radius 1 is 0.529 bits per heavy atom. The van der Waals surface area contributed by atoms with Crippen LogP contribution in [0.25, 0.3) is 0 Å². The number of phosphoric ester groups is 2. The van der Waals surface area contributed by atoms with E-state index in [1.807, 2.05) is 6.08 Å². The maximum Gasteiger partial charge on any atom is 0.472 e. The van der Waals surface area contributed by atoms with Gasteiger partial charge in [0.1, 0.15) is 12.7 Å². The van der Waals surface area contributed by atoms with Gasteiger partial charge in [0, 0.05) is 12.8 Å². The van der Waals surface area contributed by atoms with Crippen LogP contribution in [-0.2, 0) is 41.8 Å². The van der Waals surface area contributed by atoms with Crippen LogP contribution < -0.4 is 0 Å². The van der Waals surface area contributed by atoms with Crippen LogP contribution in [0.5, 0.6) is 0 Å². The van der Waals surface area contributed by atoms with Crippen molar-refractivity contribution >= 4 is 27.6 Å². The molecule has 0 rings (SSSR count). The van der Waals surface area contributed by atoms with E-state index in [4.69, 9.17) is 23.8 Å². The Balaban J connectivity index is 4.58. The minimum absolute atomic E-state index is 0.0643. The number of esters is 2. The summed E-state index contributed by atoms with van der Waals surface area (Å²) in [6.45, 7) is 3.84. The molecule has 0 aliphatic heterocycles. The Morgan fingerprint density at radius 3 is 1.57 bits per heavy atom. The van der Waals surface area contributed by atoms with Crippen LogP contribution in [0.4, 0.5) is 0 Å². The zero-order valence-corrected chi connectivity index (χ0v) is 43.9. The van der Waals surface area contributed by atoms with E-state index < -0.39 is 78.4 Å². The Labute approximate surface area is 410 Å². The zero-order valence-electron chi connectivity index (χ0n) is 42.1. The van der Waals surface area contributed by atoms with Crippen molar-refractivity contribution in [3.63, 3.8) is 0 Å². The summed E-state index contributed by atoms with van der Waals surface area (Å²) in [5.41, 5.74) is 0. The van der Waals surface area contributed by atoms with Gasteiger partial charge < -0.3 is 39.5 Å². The Kier molecular flexibility index (Phi) is 43.6. The fourth-order valence-corrected chi connectivity index (χ4v) is 8.20. The molecule has 2 unspecified atom stereocenters. The maximum absolute atomic E-state index is 12.7. The average molecular weight is 1010 g/mol. The number of ether oxygens (including phenoxy) is 2. The van der Waals surface area contributed by atoms with Gasteiger partial charge in [-0.2, -0.15) is 0 Å². The molecule has 0 heterocycles. The number of aliphatic hydroxyl groups excluding tert-OH is 3. The van der Waals surface area contributed by atoms with Gasteiger partial charge in [-0.1, -0.05) is 204 Å². The number of carbonyl (C=O) groups is 2. The lowest BCUT2D eigenvalue weighted by atomic mass is 9.99. The number of hydrogen-bond acceptors (Lipinski definition) is 12. The van der Waals surface area contributed by atoms with Gasteiger partial charge >= 0.3 is 27.6 Å². The van der Waals surface area contributed by atoms with E-state index in [9.17, 15) is 38.9 Å². The van der Waals surface area contributed by atoms with Crippen molar-refractivity contribution in [3.05, 3.63) is 48.6 Å². The highest BCUT2D eigenvalue weighted by Crippen LogP contribution is 2.44. The SMILES string of the molecule is CCCCC/C=C\C[C@@H](O)/C=C/C=C/C=C\[C@@H](O)CCCC(=O)OC[C@H](COP(=O)(O)OC[C@@H](O)COP(=O)(O)O)OC(=O)CCCCCCCCCCCCCCCCCCCCC(C)CC. The Hall–Kier alpha value is -2.00. The minimum Gasteiger partial charge on any atom is -0.462 e. The molecular weight excluding hydrogens is 914 g/mol. The molecule has 0 aromatic rings. The Bertz CT molecular complexity index is 1430. The number of aliphatic hydroxyl groups is 3. The molecule has 6 atom stereocenters. The first kappa shape index (κ1) is 66.0. The average Bonchev–Trinajstić information content (AvgIpc) is 3.29. The fraction of sp³-hybridized carbons (Fsp3) is 0.804. The van der Waals surface area contributed by atoms with Crippen molar-refractivity contribution in [2.24, 2.45) is 5.92 Å². The van der Waals surface area contributed by atoms with Crippen molar-refractivity contribution in [1.82, 2.24) is 0 Å². The van der Waals surface area contributed by atoms with Crippen LogP contribution in [0.2, 0.25) is 0 Å². The standard InChI is InChI=1S/C51H94O15P2/c1-4-6-7-8-24-29-35-46(52)36-30-26-27-31-37-47(53)38-33-40-50(55)62-43-49(44-65-68(60,61)64-42-48(54)41-63-67(57,58)59)66-51(56)39-32-25-22-20-18-16-14-12-10-9-11-13-15-17-19-21-23-28-34-45(3)5-2/h24,26-27,29-31,36-37,45-49,52-54H,4-23,25,28,32-35,38-44H2,1-3H3,(H,60,61)(H2,57,58,59)/b27-26+,29-24-,36-30+,37-31-/t45?,46-,47-,48+,49-/m1/s1. The highest BCUT2D eigenvalue weighted by atomic mass is 31.2. The number of phosphoric acid groups is 2. The summed E-state index contributed by atoms with van der Waals surface area (Å²) >= 11 is 0. The van der Waals surface area contributed by atoms with Crippen molar-refractivity contribution in [3.8, 4) is 0 Å². The smallest absolute Gasteiger partial charge is 0.462 e. The first-order chi connectivity index (χ1) is 32.6. The molecule has 398 valence electrons. The number of rotatable bonds is 48. The fourth-order valence-electron chi connectivity index (χ4n) is 7.05. The van der Waals surface area contributed by atoms with Gasteiger partial charge in [-0.05, 0) is 44.4 Å². The first-order valence-electron chi connectivity index (χ1n) is 25.9. The monoisotopic (exact) mass is 1010 g/mol. The third-order valence-electron chi connectivity index (χ3n) is 11.4. The van der Waals surface area contributed by atoms with Crippen LogP contribution >= 0.6 is 15.6 Å². The van der Waals surface area contributed by atoms with E-state index in [1.54, 1.807) is 36.5 Å². The van der Waals surface area contributed by atoms with Crippen molar-refractivity contribution in [2.45, 2.75) is 231 Å². The predicted molar refractivity (Wildman–Crippen MR) is 270 cm³/mol.